The van der Waals surface area contributed by atoms with Crippen molar-refractivity contribution in [3.05, 3.63) is 0 Å². The van der Waals surface area contributed by atoms with E-state index in [4.69, 9.17) is 37.1 Å². The molecule has 1 saturated carbocycles. The van der Waals surface area contributed by atoms with Gasteiger partial charge in [-0.05, 0) is 26.2 Å². The molecule has 2 aliphatic rings. The zero-order valence-corrected chi connectivity index (χ0v) is 21.0. The van der Waals surface area contributed by atoms with E-state index in [-0.39, 0.29) is 38.9 Å². The molecular weight excluding hydrogens is 474 g/mol. The van der Waals surface area contributed by atoms with Gasteiger partial charge in [-0.15, -0.1) is 0 Å². The number of Topliss-reactive ketones (excluding diaryl/α,β-unsaturated/α-hetero) is 1. The van der Waals surface area contributed by atoms with Crippen LogP contribution in [0.3, 0.4) is 0 Å². The van der Waals surface area contributed by atoms with Crippen LogP contribution in [0.1, 0.15) is 53.3 Å². The van der Waals surface area contributed by atoms with Gasteiger partial charge in [-0.25, -0.2) is 0 Å². The van der Waals surface area contributed by atoms with Crippen LogP contribution in [0.4, 0.5) is 0 Å². The quantitative estimate of drug-likeness (QED) is 0.108. The van der Waals surface area contributed by atoms with Crippen LogP contribution in [0.15, 0.2) is 0 Å². The molecule has 0 aromatic heterocycles. The molecule has 1 heterocycles. The highest BCUT2D eigenvalue weighted by molar-refractivity contribution is 5.83. The normalized spacial score (nSPS) is 37.0. The summed E-state index contributed by atoms with van der Waals surface area (Å²) < 4.78 is 17.6. The first-order valence-electron chi connectivity index (χ1n) is 12.8. The van der Waals surface area contributed by atoms with Crippen molar-refractivity contribution in [1.29, 1.82) is 0 Å². The number of amides is 1. The maximum Gasteiger partial charge on any atom is 0.220 e. The van der Waals surface area contributed by atoms with E-state index < -0.39 is 61.0 Å². The van der Waals surface area contributed by atoms with E-state index in [1.54, 1.807) is 0 Å². The van der Waals surface area contributed by atoms with E-state index in [9.17, 15) is 24.9 Å². The Morgan fingerprint density at radius 2 is 1.67 bits per heavy atom. The molecule has 13 heteroatoms. The fraction of sp³-hybridized carbons (Fsp3) is 0.913. The standard InChI is InChI=1S/C23H45N5O8.H2/c1-12(29)6-7-16(30)28-8-4-2-3-5-9-34-22-18(31)13(25)10-14(26)21(22)36-23-17(27)20(33)19(32)15(11-24)35-23;/h13-15,17-23,31-33H,2-11,24-27H2,1H3,(H,28,30);1H. The average Bonchev–Trinajstić information content (AvgIpc) is 2.84. The number of aliphatic hydroxyl groups excluding tert-OH is 3. The monoisotopic (exact) mass is 521 g/mol. The predicted octanol–water partition coefficient (Wildman–Crippen LogP) is -2.80. The lowest BCUT2D eigenvalue weighted by Gasteiger charge is -2.46. The van der Waals surface area contributed by atoms with Gasteiger partial charge >= 0.3 is 0 Å². The first kappa shape index (κ1) is 31.0. The lowest BCUT2D eigenvalue weighted by molar-refractivity contribution is -0.291. The maximum atomic E-state index is 11.6. The smallest absolute Gasteiger partial charge is 0.220 e. The van der Waals surface area contributed by atoms with Gasteiger partial charge in [0.05, 0.1) is 12.1 Å². The van der Waals surface area contributed by atoms with E-state index in [2.05, 4.69) is 5.32 Å². The Bertz CT molecular complexity index is 694. The van der Waals surface area contributed by atoms with E-state index >= 15 is 0 Å². The lowest BCUT2D eigenvalue weighted by atomic mass is 9.84. The first-order chi connectivity index (χ1) is 17.1. The highest BCUT2D eigenvalue weighted by Gasteiger charge is 2.48. The molecule has 0 aromatic rings. The average molecular weight is 522 g/mol. The fourth-order valence-corrected chi connectivity index (χ4v) is 4.47. The number of unbranched alkanes of at least 4 members (excludes halogenated alkanes) is 3. The van der Waals surface area contributed by atoms with Gasteiger partial charge < -0.3 is 62.6 Å². The SMILES string of the molecule is CC(=O)CCC(=O)NCCCCCCOC1C(O)C(N)CC(N)C1OC1OC(CN)C(O)C(O)C1N.[HH]. The predicted molar refractivity (Wildman–Crippen MR) is 132 cm³/mol. The molecule has 1 aliphatic carbocycles. The molecule has 10 atom stereocenters. The number of hydrogen-bond acceptors (Lipinski definition) is 12. The molecule has 1 amide bonds. The van der Waals surface area contributed by atoms with Crippen molar-refractivity contribution in [2.75, 3.05) is 19.7 Å². The molecule has 0 bridgehead atoms. The number of nitrogens with two attached hydrogens (primary N) is 4. The number of aliphatic hydroxyl groups is 3. The molecule has 10 unspecified atom stereocenters. The first-order valence-corrected chi connectivity index (χ1v) is 12.8. The second kappa shape index (κ2) is 15.2. The summed E-state index contributed by atoms with van der Waals surface area (Å²) in [6, 6.07) is -2.22. The van der Waals surface area contributed by atoms with Crippen molar-refractivity contribution >= 4 is 11.7 Å². The minimum absolute atomic E-state index is 0. The number of rotatable bonds is 14. The minimum Gasteiger partial charge on any atom is -0.389 e. The Balaban J connectivity index is 0.00000684. The third-order valence-electron chi connectivity index (χ3n) is 6.75. The highest BCUT2D eigenvalue weighted by atomic mass is 16.7. The Hall–Kier alpha value is -1.26. The zero-order valence-electron chi connectivity index (χ0n) is 21.0. The van der Waals surface area contributed by atoms with Gasteiger partial charge in [0.1, 0.15) is 36.3 Å². The third kappa shape index (κ3) is 8.94. The van der Waals surface area contributed by atoms with Gasteiger partial charge in [-0.1, -0.05) is 12.8 Å². The van der Waals surface area contributed by atoms with Crippen molar-refractivity contribution in [1.82, 2.24) is 5.32 Å². The third-order valence-corrected chi connectivity index (χ3v) is 6.75. The summed E-state index contributed by atoms with van der Waals surface area (Å²) in [5.74, 6) is -0.131. The minimum atomic E-state index is -1.30. The van der Waals surface area contributed by atoms with Crippen molar-refractivity contribution in [2.24, 2.45) is 22.9 Å². The van der Waals surface area contributed by atoms with E-state index in [0.717, 1.165) is 19.3 Å². The van der Waals surface area contributed by atoms with Crippen molar-refractivity contribution < 1.29 is 40.5 Å². The number of carbonyl (C=O) groups excluding carboxylic acids is 2. The highest BCUT2D eigenvalue weighted by Crippen LogP contribution is 2.28. The van der Waals surface area contributed by atoms with Crippen LogP contribution >= 0.6 is 0 Å². The second-order valence-corrected chi connectivity index (χ2v) is 9.79. The Morgan fingerprint density at radius 1 is 0.972 bits per heavy atom. The van der Waals surface area contributed by atoms with Crippen molar-refractivity contribution in [2.45, 2.75) is 113 Å². The van der Waals surface area contributed by atoms with Gasteiger partial charge in [0, 0.05) is 46.0 Å². The van der Waals surface area contributed by atoms with Crippen LogP contribution in [-0.2, 0) is 23.8 Å². The largest absolute Gasteiger partial charge is 0.389 e. The molecule has 0 radical (unpaired) electrons. The maximum absolute atomic E-state index is 11.6. The Morgan fingerprint density at radius 3 is 2.33 bits per heavy atom. The molecule has 1 saturated heterocycles. The summed E-state index contributed by atoms with van der Waals surface area (Å²) in [5, 5.41) is 33.8. The summed E-state index contributed by atoms with van der Waals surface area (Å²) in [6.45, 7) is 2.29. The topological polar surface area (TPSA) is 239 Å². The summed E-state index contributed by atoms with van der Waals surface area (Å²) in [6.07, 6.45) is -3.21. The summed E-state index contributed by atoms with van der Waals surface area (Å²) in [7, 11) is 0. The van der Waals surface area contributed by atoms with Gasteiger partial charge in [-0.2, -0.15) is 0 Å². The molecule has 212 valence electrons. The van der Waals surface area contributed by atoms with Crippen LogP contribution in [0, 0.1) is 0 Å². The number of nitrogens with one attached hydrogen (secondary N) is 1. The number of ketones is 1. The Kier molecular flexibility index (Phi) is 13.1. The van der Waals surface area contributed by atoms with E-state index in [1.165, 1.54) is 6.92 Å². The molecule has 1 aliphatic heterocycles. The molecule has 2 fully saturated rings. The molecule has 13 nitrogen and oxygen atoms in total. The number of carbonyl (C=O) groups is 2. The summed E-state index contributed by atoms with van der Waals surface area (Å²) in [4.78, 5) is 22.5. The Labute approximate surface area is 213 Å². The van der Waals surface area contributed by atoms with Gasteiger partial charge in [0.15, 0.2) is 6.29 Å². The molecule has 0 spiro atoms. The molecule has 36 heavy (non-hydrogen) atoms. The van der Waals surface area contributed by atoms with E-state index in [0.29, 0.717) is 19.6 Å². The number of ether oxygens (including phenoxy) is 3. The van der Waals surface area contributed by atoms with Gasteiger partial charge in [0.2, 0.25) is 5.91 Å². The fourth-order valence-electron chi connectivity index (χ4n) is 4.47. The summed E-state index contributed by atoms with van der Waals surface area (Å²) >= 11 is 0. The van der Waals surface area contributed by atoms with Crippen LogP contribution in [0.2, 0.25) is 0 Å². The van der Waals surface area contributed by atoms with Crippen LogP contribution in [-0.4, -0.2) is 108 Å². The van der Waals surface area contributed by atoms with E-state index in [1.807, 2.05) is 0 Å². The van der Waals surface area contributed by atoms with Crippen LogP contribution < -0.4 is 28.3 Å². The van der Waals surface area contributed by atoms with Gasteiger partial charge in [-0.3, -0.25) is 4.79 Å². The molecule has 2 rings (SSSR count). The molecular formula is C23H47N5O8. The van der Waals surface area contributed by atoms with Crippen molar-refractivity contribution in [3.63, 3.8) is 0 Å². The number of hydrogen-bond donors (Lipinski definition) is 8. The summed E-state index contributed by atoms with van der Waals surface area (Å²) in [5.41, 5.74) is 24.0. The van der Waals surface area contributed by atoms with Crippen LogP contribution in [0.25, 0.3) is 0 Å². The van der Waals surface area contributed by atoms with Gasteiger partial charge in [0.25, 0.3) is 0 Å². The van der Waals surface area contributed by atoms with Crippen molar-refractivity contribution in [3.8, 4) is 0 Å². The molecule has 0 aromatic carbocycles. The van der Waals surface area contributed by atoms with Crippen LogP contribution in [0.5, 0.6) is 0 Å². The zero-order chi connectivity index (χ0) is 26.8. The lowest BCUT2D eigenvalue weighted by Crippen LogP contribution is -2.67. The molecule has 12 N–H and O–H groups in total. The second-order valence-electron chi connectivity index (χ2n) is 9.79.